The average molecular weight is 318 g/mol. The zero-order valence-electron chi connectivity index (χ0n) is 14.3. The number of rotatable bonds is 4. The van der Waals surface area contributed by atoms with Crippen LogP contribution in [-0.4, -0.2) is 44.2 Å². The number of hydrogen-bond acceptors (Lipinski definition) is 5. The highest BCUT2D eigenvalue weighted by Crippen LogP contribution is 2.28. The zero-order valence-corrected chi connectivity index (χ0v) is 14.3. The lowest BCUT2D eigenvalue weighted by atomic mass is 9.94. The van der Waals surface area contributed by atoms with E-state index in [9.17, 15) is 14.4 Å². The highest BCUT2D eigenvalue weighted by Gasteiger charge is 2.39. The maximum absolute atomic E-state index is 12.9. The van der Waals surface area contributed by atoms with Crippen LogP contribution in [0.4, 0.5) is 0 Å². The second-order valence-electron chi connectivity index (χ2n) is 6.19. The number of nitrogens with one attached hydrogen (secondary N) is 1. The minimum Gasteiger partial charge on any atom is -0.378 e. The van der Waals surface area contributed by atoms with E-state index in [1.54, 1.807) is 20.9 Å². The molecule has 1 aromatic rings. The third-order valence-electron chi connectivity index (χ3n) is 3.61. The molecule has 0 aliphatic heterocycles. The van der Waals surface area contributed by atoms with Crippen LogP contribution in [0.15, 0.2) is 17.6 Å². The fourth-order valence-electron chi connectivity index (χ4n) is 2.77. The highest BCUT2D eigenvalue weighted by molar-refractivity contribution is 6.26. The lowest BCUT2D eigenvalue weighted by molar-refractivity contribution is -0.128. The van der Waals surface area contributed by atoms with Gasteiger partial charge >= 0.3 is 0 Å². The quantitative estimate of drug-likeness (QED) is 0.903. The van der Waals surface area contributed by atoms with Gasteiger partial charge in [-0.15, -0.1) is 0 Å². The average Bonchev–Trinajstić information content (AvgIpc) is 2.80. The van der Waals surface area contributed by atoms with Crippen LogP contribution in [0.25, 0.3) is 0 Å². The van der Waals surface area contributed by atoms with Crippen LogP contribution in [-0.2, 0) is 11.8 Å². The number of aryl methyl sites for hydroxylation is 1. The summed E-state index contributed by atoms with van der Waals surface area (Å²) in [7, 11) is 1.62. The number of aromatic nitrogens is 2. The number of fused-ring (bicyclic) bond motifs is 1. The number of carbonyl (C=O) groups is 3. The molecule has 0 bridgehead atoms. The summed E-state index contributed by atoms with van der Waals surface area (Å²) in [6.07, 6.45) is 1.38. The Bertz CT molecular complexity index is 713. The van der Waals surface area contributed by atoms with Crippen molar-refractivity contribution >= 4 is 17.5 Å². The fraction of sp³-hybridized carbons (Fsp3) is 0.500. The largest absolute Gasteiger partial charge is 0.378 e. The third kappa shape index (κ3) is 2.78. The van der Waals surface area contributed by atoms with Crippen LogP contribution >= 0.6 is 0 Å². The van der Waals surface area contributed by atoms with Crippen LogP contribution in [0.3, 0.4) is 0 Å². The summed E-state index contributed by atoms with van der Waals surface area (Å²) < 4.78 is 1.39. The van der Waals surface area contributed by atoms with Crippen LogP contribution in [0, 0.1) is 0 Å². The van der Waals surface area contributed by atoms with Crippen LogP contribution in [0.5, 0.6) is 0 Å². The van der Waals surface area contributed by atoms with E-state index in [1.807, 2.05) is 13.8 Å². The first-order valence-electron chi connectivity index (χ1n) is 7.58. The molecule has 0 radical (unpaired) electrons. The van der Waals surface area contributed by atoms with Gasteiger partial charge in [-0.1, -0.05) is 0 Å². The van der Waals surface area contributed by atoms with E-state index in [0.717, 1.165) is 0 Å². The van der Waals surface area contributed by atoms with E-state index in [1.165, 1.54) is 22.7 Å². The Morgan fingerprint density at radius 3 is 2.30 bits per heavy atom. The number of hydrogen-bond donors (Lipinski definition) is 1. The number of nitrogens with zero attached hydrogens (tertiary/aromatic N) is 3. The molecule has 1 aliphatic rings. The number of allylic oxidation sites excluding steroid dienone is 2. The first kappa shape index (κ1) is 16.9. The van der Waals surface area contributed by atoms with Crippen molar-refractivity contribution < 1.29 is 14.4 Å². The first-order valence-corrected chi connectivity index (χ1v) is 7.58. The molecule has 0 saturated carbocycles. The van der Waals surface area contributed by atoms with Crippen molar-refractivity contribution in [3.8, 4) is 0 Å². The molecule has 0 atom stereocenters. The summed E-state index contributed by atoms with van der Waals surface area (Å²) in [5.74, 6) is -0.971. The molecule has 2 rings (SSSR count). The topological polar surface area (TPSA) is 84.3 Å². The minimum absolute atomic E-state index is 0.0625. The van der Waals surface area contributed by atoms with Gasteiger partial charge in [0.05, 0.1) is 11.8 Å². The van der Waals surface area contributed by atoms with E-state index in [4.69, 9.17) is 0 Å². The number of ketones is 2. The smallest absolute Gasteiger partial charge is 0.229 e. The first-order chi connectivity index (χ1) is 10.7. The minimum atomic E-state index is -0.361. The molecule has 0 saturated heterocycles. The molecule has 124 valence electrons. The molecule has 0 spiro atoms. The van der Waals surface area contributed by atoms with Crippen molar-refractivity contribution in [1.82, 2.24) is 20.0 Å². The standard InChI is InChI=1S/C16H22N4O3/c1-8(2)18-12-14(20(9(3)4)10(5)21)15(22)11-7-17-19(6)13(11)16(12)23/h7-9,18H,1-6H3. The summed E-state index contributed by atoms with van der Waals surface area (Å²) in [5.41, 5.74) is 0.736. The summed E-state index contributed by atoms with van der Waals surface area (Å²) in [4.78, 5) is 39.2. The summed E-state index contributed by atoms with van der Waals surface area (Å²) >= 11 is 0. The highest BCUT2D eigenvalue weighted by atomic mass is 16.2. The SMILES string of the molecule is CC(=O)N(C1=C(NC(C)C)C(=O)c2c(cnn2C)C1=O)C(C)C. The lowest BCUT2D eigenvalue weighted by Gasteiger charge is -2.32. The Morgan fingerprint density at radius 2 is 1.83 bits per heavy atom. The molecule has 1 amide bonds. The third-order valence-corrected chi connectivity index (χ3v) is 3.61. The molecular weight excluding hydrogens is 296 g/mol. The van der Waals surface area contributed by atoms with Gasteiger partial charge in [0.15, 0.2) is 0 Å². The van der Waals surface area contributed by atoms with Crippen molar-refractivity contribution in [3.63, 3.8) is 0 Å². The zero-order chi connectivity index (χ0) is 17.5. The predicted molar refractivity (Wildman–Crippen MR) is 84.8 cm³/mol. The van der Waals surface area contributed by atoms with Crippen LogP contribution in [0.1, 0.15) is 55.5 Å². The van der Waals surface area contributed by atoms with Crippen molar-refractivity contribution in [3.05, 3.63) is 28.8 Å². The number of carbonyl (C=O) groups excluding carboxylic acids is 3. The molecular formula is C16H22N4O3. The predicted octanol–water partition coefficient (Wildman–Crippen LogP) is 1.27. The van der Waals surface area contributed by atoms with E-state index >= 15 is 0 Å². The van der Waals surface area contributed by atoms with Gasteiger partial charge in [-0.3, -0.25) is 19.1 Å². The van der Waals surface area contributed by atoms with Crippen molar-refractivity contribution in [1.29, 1.82) is 0 Å². The summed E-state index contributed by atoms with van der Waals surface area (Å²) in [6, 6.07) is -0.311. The maximum Gasteiger partial charge on any atom is 0.229 e. The molecule has 23 heavy (non-hydrogen) atoms. The van der Waals surface area contributed by atoms with Crippen LogP contribution < -0.4 is 5.32 Å². The van der Waals surface area contributed by atoms with Gasteiger partial charge in [-0.05, 0) is 27.7 Å². The Hall–Kier alpha value is -2.44. The van der Waals surface area contributed by atoms with Gasteiger partial charge in [0.25, 0.3) is 0 Å². The van der Waals surface area contributed by atoms with Gasteiger partial charge in [0.1, 0.15) is 17.1 Å². The van der Waals surface area contributed by atoms with Crippen molar-refractivity contribution in [2.24, 2.45) is 7.05 Å². The van der Waals surface area contributed by atoms with E-state index < -0.39 is 0 Å². The Balaban J connectivity index is 2.72. The van der Waals surface area contributed by atoms with E-state index in [-0.39, 0.29) is 52.2 Å². The van der Waals surface area contributed by atoms with E-state index in [2.05, 4.69) is 10.4 Å². The van der Waals surface area contributed by atoms with Crippen molar-refractivity contribution in [2.75, 3.05) is 0 Å². The van der Waals surface area contributed by atoms with Gasteiger partial charge in [-0.2, -0.15) is 5.10 Å². The van der Waals surface area contributed by atoms with Gasteiger partial charge in [0.2, 0.25) is 17.5 Å². The Kier molecular flexibility index (Phi) is 4.40. The summed E-state index contributed by atoms with van der Waals surface area (Å²) in [6.45, 7) is 8.73. The van der Waals surface area contributed by atoms with Gasteiger partial charge in [-0.25, -0.2) is 0 Å². The fourth-order valence-corrected chi connectivity index (χ4v) is 2.77. The number of Topliss-reactive ketones (excluding diaryl/α,β-unsaturated/α-hetero) is 2. The molecule has 7 nitrogen and oxygen atoms in total. The normalized spacial score (nSPS) is 14.6. The summed E-state index contributed by atoms with van der Waals surface area (Å²) in [5, 5.41) is 7.05. The molecule has 1 aliphatic carbocycles. The molecule has 1 N–H and O–H groups in total. The van der Waals surface area contributed by atoms with E-state index in [0.29, 0.717) is 0 Å². The Morgan fingerprint density at radius 1 is 1.22 bits per heavy atom. The second-order valence-corrected chi connectivity index (χ2v) is 6.19. The maximum atomic E-state index is 12.9. The lowest BCUT2D eigenvalue weighted by Crippen LogP contribution is -2.44. The monoisotopic (exact) mass is 318 g/mol. The number of amides is 1. The molecule has 0 unspecified atom stereocenters. The second kappa shape index (κ2) is 5.98. The Labute approximate surface area is 135 Å². The molecule has 0 aromatic carbocycles. The van der Waals surface area contributed by atoms with Gasteiger partial charge in [0, 0.05) is 26.1 Å². The van der Waals surface area contributed by atoms with Crippen LogP contribution in [0.2, 0.25) is 0 Å². The van der Waals surface area contributed by atoms with Gasteiger partial charge < -0.3 is 10.2 Å². The molecule has 1 aromatic heterocycles. The van der Waals surface area contributed by atoms with Crippen molar-refractivity contribution in [2.45, 2.75) is 46.7 Å². The molecule has 0 fully saturated rings. The molecule has 7 heteroatoms. The molecule has 1 heterocycles.